The van der Waals surface area contributed by atoms with Gasteiger partial charge in [-0.25, -0.2) is 0 Å². The minimum Gasteiger partial charge on any atom is -0.337 e. The molecule has 3 rings (SSSR count). The third-order valence-electron chi connectivity index (χ3n) is 4.76. The molecule has 0 saturated carbocycles. The van der Waals surface area contributed by atoms with Gasteiger partial charge in [0.2, 0.25) is 5.91 Å². The van der Waals surface area contributed by atoms with Crippen LogP contribution in [0.25, 0.3) is 6.08 Å². The molecule has 1 aliphatic heterocycles. The normalized spacial score (nSPS) is 15.8. The zero-order valence-electron chi connectivity index (χ0n) is 15.6. The number of nitrogens with zero attached hydrogens (tertiary/aromatic N) is 4. The van der Waals surface area contributed by atoms with E-state index in [9.17, 15) is 4.79 Å². The van der Waals surface area contributed by atoms with Crippen molar-refractivity contribution in [2.24, 2.45) is 7.05 Å². The van der Waals surface area contributed by atoms with Gasteiger partial charge in [-0.15, -0.1) is 0 Å². The van der Waals surface area contributed by atoms with Gasteiger partial charge >= 0.3 is 0 Å². The average molecular weight is 373 g/mol. The van der Waals surface area contributed by atoms with Gasteiger partial charge < -0.3 is 4.90 Å². The molecule has 0 bridgehead atoms. The fourth-order valence-corrected chi connectivity index (χ4v) is 3.53. The zero-order valence-corrected chi connectivity index (χ0v) is 16.3. The first-order valence-electron chi connectivity index (χ1n) is 8.88. The minimum atomic E-state index is 0.0273. The second-order valence-corrected chi connectivity index (χ2v) is 7.20. The molecule has 2 aromatic rings. The molecule has 0 unspecified atom stereocenters. The third kappa shape index (κ3) is 4.34. The highest BCUT2D eigenvalue weighted by molar-refractivity contribution is 6.31. The predicted octanol–water partition coefficient (Wildman–Crippen LogP) is 3.05. The van der Waals surface area contributed by atoms with Gasteiger partial charge in [-0.2, -0.15) is 5.10 Å². The summed E-state index contributed by atoms with van der Waals surface area (Å²) in [6.45, 7) is 8.21. The number of benzene rings is 1. The van der Waals surface area contributed by atoms with Crippen molar-refractivity contribution in [1.82, 2.24) is 19.6 Å². The summed E-state index contributed by atoms with van der Waals surface area (Å²) in [7, 11) is 1.79. The van der Waals surface area contributed by atoms with Gasteiger partial charge in [-0.3, -0.25) is 14.4 Å². The summed E-state index contributed by atoms with van der Waals surface area (Å²) in [6.07, 6.45) is 3.37. The molecule has 1 amide bonds. The molecule has 1 aromatic heterocycles. The van der Waals surface area contributed by atoms with E-state index in [-0.39, 0.29) is 5.91 Å². The summed E-state index contributed by atoms with van der Waals surface area (Å²) in [5.74, 6) is 0.0273. The topological polar surface area (TPSA) is 41.4 Å². The summed E-state index contributed by atoms with van der Waals surface area (Å²) >= 11 is 6.21. The van der Waals surface area contributed by atoms with E-state index in [0.717, 1.165) is 44.0 Å². The van der Waals surface area contributed by atoms with Crippen LogP contribution in [0.3, 0.4) is 0 Å². The summed E-state index contributed by atoms with van der Waals surface area (Å²) < 4.78 is 1.62. The van der Waals surface area contributed by atoms with E-state index < -0.39 is 0 Å². The van der Waals surface area contributed by atoms with Crippen molar-refractivity contribution in [1.29, 1.82) is 0 Å². The maximum atomic E-state index is 12.5. The number of hydrogen-bond acceptors (Lipinski definition) is 3. The standard InChI is InChI=1S/C20H25ClN4O/c1-15-5-4-6-17(13-15)14-24-9-11-25(12-10-24)19(26)8-7-18-16(2)22-23(3)20(18)21/h4-8,13H,9-12,14H2,1-3H3/b8-7+. The van der Waals surface area contributed by atoms with Crippen LogP contribution in [0.5, 0.6) is 0 Å². The molecule has 0 N–H and O–H groups in total. The first kappa shape index (κ1) is 18.7. The Balaban J connectivity index is 1.54. The quantitative estimate of drug-likeness (QED) is 0.774. The van der Waals surface area contributed by atoms with Crippen molar-refractivity contribution >= 4 is 23.6 Å². The van der Waals surface area contributed by atoms with Gasteiger partial charge in [-0.1, -0.05) is 41.4 Å². The Labute approximate surface area is 159 Å². The highest BCUT2D eigenvalue weighted by atomic mass is 35.5. The summed E-state index contributed by atoms with van der Waals surface area (Å²) in [6, 6.07) is 8.59. The fourth-order valence-electron chi connectivity index (χ4n) is 3.29. The second kappa shape index (κ2) is 8.06. The Hall–Kier alpha value is -2.11. The maximum Gasteiger partial charge on any atom is 0.246 e. The average Bonchev–Trinajstić information content (AvgIpc) is 2.85. The number of halogens is 1. The Bertz CT molecular complexity index is 819. The lowest BCUT2D eigenvalue weighted by Crippen LogP contribution is -2.47. The van der Waals surface area contributed by atoms with Gasteiger partial charge in [-0.05, 0) is 25.5 Å². The fraction of sp³-hybridized carbons (Fsp3) is 0.400. The molecule has 1 saturated heterocycles. The molecule has 5 nitrogen and oxygen atoms in total. The molecular weight excluding hydrogens is 348 g/mol. The highest BCUT2D eigenvalue weighted by Gasteiger charge is 2.20. The molecule has 1 aromatic carbocycles. The first-order valence-corrected chi connectivity index (χ1v) is 9.26. The maximum absolute atomic E-state index is 12.5. The van der Waals surface area contributed by atoms with E-state index in [1.54, 1.807) is 23.9 Å². The van der Waals surface area contributed by atoms with Crippen molar-refractivity contribution in [2.75, 3.05) is 26.2 Å². The largest absolute Gasteiger partial charge is 0.337 e. The van der Waals surface area contributed by atoms with Gasteiger partial charge in [0.05, 0.1) is 5.69 Å². The molecule has 6 heteroatoms. The van der Waals surface area contributed by atoms with Crippen LogP contribution in [-0.4, -0.2) is 51.7 Å². The number of carbonyl (C=O) groups excluding carboxylic acids is 1. The van der Waals surface area contributed by atoms with Crippen molar-refractivity contribution in [3.63, 3.8) is 0 Å². The van der Waals surface area contributed by atoms with Gasteiger partial charge in [0.15, 0.2) is 0 Å². The Kier molecular flexibility index (Phi) is 5.79. The third-order valence-corrected chi connectivity index (χ3v) is 5.21. The van der Waals surface area contributed by atoms with Gasteiger partial charge in [0.1, 0.15) is 5.15 Å². The van der Waals surface area contributed by atoms with Crippen LogP contribution >= 0.6 is 11.6 Å². The monoisotopic (exact) mass is 372 g/mol. The first-order chi connectivity index (χ1) is 12.4. The number of rotatable bonds is 4. The number of piperazine rings is 1. The van der Waals surface area contributed by atoms with Crippen LogP contribution in [0.4, 0.5) is 0 Å². The van der Waals surface area contributed by atoms with E-state index >= 15 is 0 Å². The summed E-state index contributed by atoms with van der Waals surface area (Å²) in [5, 5.41) is 4.81. The number of aromatic nitrogens is 2. The smallest absolute Gasteiger partial charge is 0.246 e. The van der Waals surface area contributed by atoms with Gasteiger partial charge in [0, 0.05) is 51.4 Å². The van der Waals surface area contributed by atoms with Crippen molar-refractivity contribution in [3.8, 4) is 0 Å². The summed E-state index contributed by atoms with van der Waals surface area (Å²) in [4.78, 5) is 16.7. The van der Waals surface area contributed by atoms with E-state index in [2.05, 4.69) is 41.2 Å². The van der Waals surface area contributed by atoms with Crippen LogP contribution < -0.4 is 0 Å². The number of amides is 1. The molecule has 0 aliphatic carbocycles. The lowest BCUT2D eigenvalue weighted by Gasteiger charge is -2.34. The highest BCUT2D eigenvalue weighted by Crippen LogP contribution is 2.20. The Morgan fingerprint density at radius 3 is 2.58 bits per heavy atom. The van der Waals surface area contributed by atoms with Crippen LogP contribution in [0.2, 0.25) is 5.15 Å². The Morgan fingerprint density at radius 2 is 1.96 bits per heavy atom. The van der Waals surface area contributed by atoms with Gasteiger partial charge in [0.25, 0.3) is 0 Å². The molecule has 1 fully saturated rings. The molecule has 2 heterocycles. The molecule has 138 valence electrons. The van der Waals surface area contributed by atoms with Crippen LogP contribution in [0, 0.1) is 13.8 Å². The van der Waals surface area contributed by atoms with Crippen molar-refractivity contribution < 1.29 is 4.79 Å². The lowest BCUT2D eigenvalue weighted by atomic mass is 10.1. The number of aryl methyl sites for hydroxylation is 3. The zero-order chi connectivity index (χ0) is 18.7. The van der Waals surface area contributed by atoms with Crippen LogP contribution in [0.1, 0.15) is 22.4 Å². The number of hydrogen-bond donors (Lipinski definition) is 0. The molecular formula is C20H25ClN4O. The second-order valence-electron chi connectivity index (χ2n) is 6.84. The Morgan fingerprint density at radius 1 is 1.23 bits per heavy atom. The van der Waals surface area contributed by atoms with E-state index in [4.69, 9.17) is 11.6 Å². The van der Waals surface area contributed by atoms with E-state index in [1.807, 2.05) is 11.8 Å². The minimum absolute atomic E-state index is 0.0273. The lowest BCUT2D eigenvalue weighted by molar-refractivity contribution is -0.127. The summed E-state index contributed by atoms with van der Waals surface area (Å²) in [5.41, 5.74) is 4.24. The molecule has 0 atom stereocenters. The van der Waals surface area contributed by atoms with Crippen LogP contribution in [-0.2, 0) is 18.4 Å². The van der Waals surface area contributed by atoms with Crippen molar-refractivity contribution in [2.45, 2.75) is 20.4 Å². The van der Waals surface area contributed by atoms with E-state index in [1.165, 1.54) is 11.1 Å². The molecule has 0 radical (unpaired) electrons. The van der Waals surface area contributed by atoms with E-state index in [0.29, 0.717) is 5.15 Å². The predicted molar refractivity (Wildman–Crippen MR) is 105 cm³/mol. The molecule has 0 spiro atoms. The SMILES string of the molecule is Cc1cccc(CN2CCN(C(=O)/C=C/c3c(C)nn(C)c3Cl)CC2)c1. The molecule has 1 aliphatic rings. The number of carbonyl (C=O) groups is 1. The van der Waals surface area contributed by atoms with Crippen LogP contribution in [0.15, 0.2) is 30.3 Å². The van der Waals surface area contributed by atoms with Crippen molar-refractivity contribution in [3.05, 3.63) is 57.9 Å². The molecule has 26 heavy (non-hydrogen) atoms.